The zero-order valence-corrected chi connectivity index (χ0v) is 14.4. The van der Waals surface area contributed by atoms with Gasteiger partial charge in [-0.1, -0.05) is 6.07 Å². The van der Waals surface area contributed by atoms with Crippen LogP contribution in [0.3, 0.4) is 0 Å². The molecule has 6 heteroatoms. The van der Waals surface area contributed by atoms with Crippen LogP contribution in [0.2, 0.25) is 0 Å². The number of nitrogens with one attached hydrogen (secondary N) is 1. The molecule has 0 atom stereocenters. The van der Waals surface area contributed by atoms with Gasteiger partial charge in [-0.3, -0.25) is 10.3 Å². The fourth-order valence-corrected chi connectivity index (χ4v) is 3.37. The van der Waals surface area contributed by atoms with E-state index in [2.05, 4.69) is 39.3 Å². The van der Waals surface area contributed by atoms with Crippen molar-refractivity contribution in [2.24, 2.45) is 5.73 Å². The van der Waals surface area contributed by atoms with Crippen LogP contribution in [0.1, 0.15) is 16.7 Å². The number of ether oxygens (including phenoxy) is 1. The van der Waals surface area contributed by atoms with Crippen LogP contribution in [0.5, 0.6) is 5.75 Å². The van der Waals surface area contributed by atoms with Gasteiger partial charge in [-0.05, 0) is 57.7 Å². The van der Waals surface area contributed by atoms with Crippen molar-refractivity contribution >= 4 is 33.1 Å². The minimum absolute atomic E-state index is 0.0260. The van der Waals surface area contributed by atoms with Gasteiger partial charge in [0.05, 0.1) is 16.5 Å². The standard InChI is InChI=1S/C15H18BrN3OS/c1-19(8-11-6-14(16)21-9-11)7-10-3-4-13(20-2)12(5-10)15(17)18/h3-6,9H,7-8H2,1-2H3,(H3,17,18). The molecule has 112 valence electrons. The second kappa shape index (κ2) is 7.06. The molecule has 0 amide bonds. The van der Waals surface area contributed by atoms with Crippen LogP contribution in [0.25, 0.3) is 0 Å². The molecule has 0 radical (unpaired) electrons. The average Bonchev–Trinajstić information content (AvgIpc) is 2.83. The van der Waals surface area contributed by atoms with Gasteiger partial charge in [0.15, 0.2) is 0 Å². The minimum Gasteiger partial charge on any atom is -0.496 e. The van der Waals surface area contributed by atoms with Gasteiger partial charge in [0.1, 0.15) is 11.6 Å². The van der Waals surface area contributed by atoms with Gasteiger partial charge in [-0.2, -0.15) is 0 Å². The Morgan fingerprint density at radius 3 is 2.62 bits per heavy atom. The number of amidine groups is 1. The molecule has 3 N–H and O–H groups in total. The zero-order valence-electron chi connectivity index (χ0n) is 12.0. The number of hydrogen-bond donors (Lipinski definition) is 2. The Morgan fingerprint density at radius 2 is 2.05 bits per heavy atom. The Balaban J connectivity index is 2.08. The molecule has 0 unspecified atom stereocenters. The monoisotopic (exact) mass is 367 g/mol. The third-order valence-corrected chi connectivity index (χ3v) is 4.63. The number of halogens is 1. The van der Waals surface area contributed by atoms with Crippen molar-refractivity contribution in [1.82, 2.24) is 4.90 Å². The normalized spacial score (nSPS) is 10.9. The maximum Gasteiger partial charge on any atom is 0.129 e. The number of hydrogen-bond acceptors (Lipinski definition) is 4. The highest BCUT2D eigenvalue weighted by Gasteiger charge is 2.09. The number of nitrogen functional groups attached to an aromatic ring is 1. The van der Waals surface area contributed by atoms with Crippen molar-refractivity contribution in [3.05, 3.63) is 50.1 Å². The maximum atomic E-state index is 7.62. The highest BCUT2D eigenvalue weighted by atomic mass is 79.9. The van der Waals surface area contributed by atoms with Crippen molar-refractivity contribution in [2.45, 2.75) is 13.1 Å². The van der Waals surface area contributed by atoms with E-state index >= 15 is 0 Å². The van der Waals surface area contributed by atoms with Crippen LogP contribution >= 0.6 is 27.3 Å². The van der Waals surface area contributed by atoms with Crippen LogP contribution in [-0.2, 0) is 13.1 Å². The molecule has 0 spiro atoms. The summed E-state index contributed by atoms with van der Waals surface area (Å²) in [6.07, 6.45) is 0. The fourth-order valence-electron chi connectivity index (χ4n) is 2.17. The molecule has 0 aliphatic carbocycles. The number of benzene rings is 1. The first-order valence-electron chi connectivity index (χ1n) is 6.42. The Bertz CT molecular complexity index is 642. The highest BCUT2D eigenvalue weighted by Crippen LogP contribution is 2.23. The second-order valence-corrected chi connectivity index (χ2v) is 7.17. The average molecular weight is 368 g/mol. The van der Waals surface area contributed by atoms with Crippen molar-refractivity contribution in [3.8, 4) is 5.75 Å². The van der Waals surface area contributed by atoms with Crippen molar-refractivity contribution in [3.63, 3.8) is 0 Å². The Hall–Kier alpha value is -1.37. The molecule has 4 nitrogen and oxygen atoms in total. The van der Waals surface area contributed by atoms with E-state index in [9.17, 15) is 0 Å². The van der Waals surface area contributed by atoms with E-state index in [4.69, 9.17) is 15.9 Å². The summed E-state index contributed by atoms with van der Waals surface area (Å²) in [6.45, 7) is 1.67. The number of nitrogens with zero attached hydrogens (tertiary/aromatic N) is 1. The summed E-state index contributed by atoms with van der Waals surface area (Å²) in [7, 11) is 3.66. The first kappa shape index (κ1) is 16.0. The molecule has 0 saturated heterocycles. The van der Waals surface area contributed by atoms with Crippen molar-refractivity contribution < 1.29 is 4.74 Å². The van der Waals surface area contributed by atoms with Crippen LogP contribution in [0, 0.1) is 5.41 Å². The smallest absolute Gasteiger partial charge is 0.129 e. The molecule has 0 aliphatic heterocycles. The van der Waals surface area contributed by atoms with E-state index in [0.29, 0.717) is 11.3 Å². The van der Waals surface area contributed by atoms with E-state index in [1.165, 1.54) is 5.56 Å². The molecule has 0 saturated carbocycles. The second-order valence-electron chi connectivity index (χ2n) is 4.88. The molecule has 1 aromatic carbocycles. The van der Waals surface area contributed by atoms with Gasteiger partial charge in [0, 0.05) is 13.1 Å². The number of rotatable bonds is 6. The van der Waals surface area contributed by atoms with Gasteiger partial charge < -0.3 is 10.5 Å². The first-order valence-corrected chi connectivity index (χ1v) is 8.09. The van der Waals surface area contributed by atoms with Crippen LogP contribution in [0.15, 0.2) is 33.4 Å². The van der Waals surface area contributed by atoms with E-state index in [-0.39, 0.29) is 5.84 Å². The molecule has 0 fully saturated rings. The molecular formula is C15H18BrN3OS. The predicted octanol–water partition coefficient (Wildman–Crippen LogP) is 3.44. The lowest BCUT2D eigenvalue weighted by molar-refractivity contribution is 0.319. The summed E-state index contributed by atoms with van der Waals surface area (Å²) in [6, 6.07) is 7.92. The summed E-state index contributed by atoms with van der Waals surface area (Å²) >= 11 is 5.17. The summed E-state index contributed by atoms with van der Waals surface area (Å²) in [5.74, 6) is 0.661. The third kappa shape index (κ3) is 4.30. The van der Waals surface area contributed by atoms with E-state index < -0.39 is 0 Å². The van der Waals surface area contributed by atoms with Gasteiger partial charge in [0.25, 0.3) is 0 Å². The third-order valence-electron chi connectivity index (χ3n) is 3.08. The molecule has 21 heavy (non-hydrogen) atoms. The van der Waals surface area contributed by atoms with Gasteiger partial charge in [0.2, 0.25) is 0 Å². The zero-order chi connectivity index (χ0) is 15.4. The molecule has 0 bridgehead atoms. The fraction of sp³-hybridized carbons (Fsp3) is 0.267. The lowest BCUT2D eigenvalue weighted by Crippen LogP contribution is -2.18. The molecule has 2 rings (SSSR count). The van der Waals surface area contributed by atoms with E-state index in [0.717, 1.165) is 22.4 Å². The molecule has 1 aromatic heterocycles. The van der Waals surface area contributed by atoms with Crippen LogP contribution in [-0.4, -0.2) is 24.9 Å². The van der Waals surface area contributed by atoms with Crippen LogP contribution in [0.4, 0.5) is 0 Å². The maximum absolute atomic E-state index is 7.62. The Labute approximate surface area is 137 Å². The number of nitrogens with two attached hydrogens (primary N) is 1. The Kier molecular flexibility index (Phi) is 5.39. The number of thiophene rings is 1. The minimum atomic E-state index is 0.0260. The summed E-state index contributed by atoms with van der Waals surface area (Å²) in [5.41, 5.74) is 8.64. The van der Waals surface area contributed by atoms with E-state index in [1.54, 1.807) is 18.4 Å². The summed E-state index contributed by atoms with van der Waals surface area (Å²) < 4.78 is 6.37. The predicted molar refractivity (Wildman–Crippen MR) is 91.2 cm³/mol. The van der Waals surface area contributed by atoms with Crippen LogP contribution < -0.4 is 10.5 Å². The molecular weight excluding hydrogens is 350 g/mol. The first-order chi connectivity index (χ1) is 9.99. The molecule has 1 heterocycles. The summed E-state index contributed by atoms with van der Waals surface area (Å²) in [5, 5.41) is 9.77. The highest BCUT2D eigenvalue weighted by molar-refractivity contribution is 9.11. The topological polar surface area (TPSA) is 62.3 Å². The molecule has 2 aromatic rings. The van der Waals surface area contributed by atoms with E-state index in [1.807, 2.05) is 18.2 Å². The van der Waals surface area contributed by atoms with Gasteiger partial charge in [-0.15, -0.1) is 11.3 Å². The SMILES string of the molecule is COc1ccc(CN(C)Cc2csc(Br)c2)cc1C(=N)N. The largest absolute Gasteiger partial charge is 0.496 e. The number of methoxy groups -OCH3 is 1. The summed E-state index contributed by atoms with van der Waals surface area (Å²) in [4.78, 5) is 2.22. The van der Waals surface area contributed by atoms with Crippen molar-refractivity contribution in [1.29, 1.82) is 5.41 Å². The van der Waals surface area contributed by atoms with Gasteiger partial charge in [-0.25, -0.2) is 0 Å². The lowest BCUT2D eigenvalue weighted by atomic mass is 10.1. The Morgan fingerprint density at radius 1 is 1.33 bits per heavy atom. The lowest BCUT2D eigenvalue weighted by Gasteiger charge is -2.17. The van der Waals surface area contributed by atoms with Crippen molar-refractivity contribution in [2.75, 3.05) is 14.2 Å². The van der Waals surface area contributed by atoms with Gasteiger partial charge >= 0.3 is 0 Å². The quantitative estimate of drug-likeness (QED) is 0.607. The molecule has 0 aliphatic rings.